The van der Waals surface area contributed by atoms with Gasteiger partial charge in [-0.1, -0.05) is 23.9 Å². The summed E-state index contributed by atoms with van der Waals surface area (Å²) in [5, 5.41) is 12.7. The van der Waals surface area contributed by atoms with Gasteiger partial charge in [0.25, 0.3) is 5.91 Å². The van der Waals surface area contributed by atoms with Crippen molar-refractivity contribution in [1.29, 1.82) is 0 Å². The minimum atomic E-state index is -0.904. The molecular weight excluding hydrogens is 352 g/mol. The van der Waals surface area contributed by atoms with Crippen molar-refractivity contribution >= 4 is 34.7 Å². The Morgan fingerprint density at radius 2 is 2.04 bits per heavy atom. The Balaban J connectivity index is 1.55. The monoisotopic (exact) mass is 370 g/mol. The van der Waals surface area contributed by atoms with Crippen LogP contribution < -0.4 is 5.32 Å². The molecule has 2 N–H and O–H groups in total. The van der Waals surface area contributed by atoms with E-state index in [9.17, 15) is 9.59 Å². The quantitative estimate of drug-likeness (QED) is 0.467. The predicted molar refractivity (Wildman–Crippen MR) is 99.3 cm³/mol. The SMILES string of the molecule is O=C(O)Cn1c(SCCCNC(=O)c2cccnc2)nc2ccccc21. The number of pyridine rings is 1. The Bertz CT molecular complexity index is 911. The van der Waals surface area contributed by atoms with E-state index in [1.807, 2.05) is 24.3 Å². The molecule has 2 heterocycles. The van der Waals surface area contributed by atoms with Crippen molar-refractivity contribution in [2.24, 2.45) is 0 Å². The van der Waals surface area contributed by atoms with Crippen LogP contribution in [0, 0.1) is 0 Å². The number of imidazole rings is 1. The number of thioether (sulfide) groups is 1. The van der Waals surface area contributed by atoms with Crippen molar-refractivity contribution in [3.8, 4) is 0 Å². The molecule has 7 nitrogen and oxygen atoms in total. The first-order valence-electron chi connectivity index (χ1n) is 8.13. The number of fused-ring (bicyclic) bond motifs is 1. The van der Waals surface area contributed by atoms with Crippen LogP contribution in [0.2, 0.25) is 0 Å². The molecule has 0 bridgehead atoms. The number of nitrogens with zero attached hydrogens (tertiary/aromatic N) is 3. The van der Waals surface area contributed by atoms with Gasteiger partial charge in [-0.25, -0.2) is 4.98 Å². The van der Waals surface area contributed by atoms with Crippen molar-refractivity contribution in [2.45, 2.75) is 18.1 Å². The number of para-hydroxylation sites is 2. The first kappa shape index (κ1) is 17.9. The van der Waals surface area contributed by atoms with E-state index < -0.39 is 5.97 Å². The number of amides is 1. The number of carboxylic acid groups (broad SMARTS) is 1. The lowest BCUT2D eigenvalue weighted by atomic mass is 10.2. The van der Waals surface area contributed by atoms with Crippen LogP contribution in [0.25, 0.3) is 11.0 Å². The Morgan fingerprint density at radius 3 is 2.81 bits per heavy atom. The van der Waals surface area contributed by atoms with Crippen LogP contribution in [0.3, 0.4) is 0 Å². The van der Waals surface area contributed by atoms with Crippen molar-refractivity contribution in [3.05, 3.63) is 54.4 Å². The number of hydrogen-bond acceptors (Lipinski definition) is 5. The largest absolute Gasteiger partial charge is 0.480 e. The van der Waals surface area contributed by atoms with E-state index in [0.29, 0.717) is 17.3 Å². The molecule has 0 atom stereocenters. The normalized spacial score (nSPS) is 10.8. The van der Waals surface area contributed by atoms with Crippen LogP contribution >= 0.6 is 11.8 Å². The fourth-order valence-electron chi connectivity index (χ4n) is 2.49. The van der Waals surface area contributed by atoms with Gasteiger partial charge in [-0.2, -0.15) is 0 Å². The van der Waals surface area contributed by atoms with Gasteiger partial charge in [0.1, 0.15) is 6.54 Å². The minimum absolute atomic E-state index is 0.124. The number of aliphatic carboxylic acids is 1. The molecule has 0 radical (unpaired) electrons. The molecule has 0 spiro atoms. The molecule has 0 unspecified atom stereocenters. The molecule has 3 aromatic rings. The van der Waals surface area contributed by atoms with E-state index in [0.717, 1.165) is 23.2 Å². The first-order chi connectivity index (χ1) is 12.6. The van der Waals surface area contributed by atoms with Crippen molar-refractivity contribution in [2.75, 3.05) is 12.3 Å². The second-order valence-corrected chi connectivity index (χ2v) is 6.62. The highest BCUT2D eigenvalue weighted by Gasteiger charge is 2.13. The number of nitrogens with one attached hydrogen (secondary N) is 1. The molecule has 2 aromatic heterocycles. The zero-order chi connectivity index (χ0) is 18.4. The van der Waals surface area contributed by atoms with Crippen LogP contribution in [0.5, 0.6) is 0 Å². The highest BCUT2D eigenvalue weighted by molar-refractivity contribution is 7.99. The molecular formula is C18H18N4O3S. The number of carbonyl (C=O) groups is 2. The van der Waals surface area contributed by atoms with Gasteiger partial charge < -0.3 is 15.0 Å². The molecule has 1 amide bonds. The second kappa shape index (κ2) is 8.48. The average molecular weight is 370 g/mol. The molecule has 134 valence electrons. The van der Waals surface area contributed by atoms with Gasteiger partial charge in [0.2, 0.25) is 0 Å². The predicted octanol–water partition coefficient (Wildman–Crippen LogP) is 2.43. The van der Waals surface area contributed by atoms with Crippen LogP contribution in [-0.4, -0.2) is 43.8 Å². The van der Waals surface area contributed by atoms with E-state index in [-0.39, 0.29) is 12.5 Å². The van der Waals surface area contributed by atoms with Gasteiger partial charge in [0.05, 0.1) is 16.6 Å². The number of carboxylic acids is 1. The summed E-state index contributed by atoms with van der Waals surface area (Å²) in [5.41, 5.74) is 2.12. The Hall–Kier alpha value is -2.87. The van der Waals surface area contributed by atoms with Crippen LogP contribution in [0.1, 0.15) is 16.8 Å². The Kier molecular flexibility index (Phi) is 5.85. The smallest absolute Gasteiger partial charge is 0.323 e. The summed E-state index contributed by atoms with van der Waals surface area (Å²) in [5.74, 6) is -0.337. The lowest BCUT2D eigenvalue weighted by molar-refractivity contribution is -0.137. The number of benzene rings is 1. The topological polar surface area (TPSA) is 97.1 Å². The van der Waals surface area contributed by atoms with Gasteiger partial charge in [-0.15, -0.1) is 0 Å². The lowest BCUT2D eigenvalue weighted by Gasteiger charge is -2.07. The number of hydrogen-bond donors (Lipinski definition) is 2. The number of aromatic nitrogens is 3. The molecule has 0 saturated heterocycles. The van der Waals surface area contributed by atoms with Gasteiger partial charge >= 0.3 is 5.97 Å². The third-order valence-electron chi connectivity index (χ3n) is 3.67. The molecule has 0 saturated carbocycles. The third-order valence-corrected chi connectivity index (χ3v) is 4.74. The standard InChI is InChI=1S/C18H18N4O3S/c23-16(24)12-22-15-7-2-1-6-14(15)21-18(22)26-10-4-9-20-17(25)13-5-3-8-19-11-13/h1-3,5-8,11H,4,9-10,12H2,(H,20,25)(H,23,24). The zero-order valence-corrected chi connectivity index (χ0v) is 14.8. The highest BCUT2D eigenvalue weighted by atomic mass is 32.2. The Morgan fingerprint density at radius 1 is 1.19 bits per heavy atom. The number of rotatable bonds is 8. The van der Waals surface area contributed by atoms with Gasteiger partial charge in [0.15, 0.2) is 5.16 Å². The molecule has 1 aromatic carbocycles. The summed E-state index contributed by atoms with van der Waals surface area (Å²) in [6.07, 6.45) is 3.89. The maximum atomic E-state index is 11.9. The lowest BCUT2D eigenvalue weighted by Crippen LogP contribution is -2.24. The summed E-state index contributed by atoms with van der Waals surface area (Å²) in [7, 11) is 0. The average Bonchev–Trinajstić information content (AvgIpc) is 2.99. The first-order valence-corrected chi connectivity index (χ1v) is 9.12. The van der Waals surface area contributed by atoms with Crippen molar-refractivity contribution in [3.63, 3.8) is 0 Å². The molecule has 3 rings (SSSR count). The summed E-state index contributed by atoms with van der Waals surface area (Å²) in [4.78, 5) is 31.5. The van der Waals surface area contributed by atoms with Crippen LogP contribution in [0.4, 0.5) is 0 Å². The van der Waals surface area contributed by atoms with Crippen molar-refractivity contribution < 1.29 is 14.7 Å². The highest BCUT2D eigenvalue weighted by Crippen LogP contribution is 2.24. The molecule has 26 heavy (non-hydrogen) atoms. The van der Waals surface area contributed by atoms with Crippen LogP contribution in [0.15, 0.2) is 53.9 Å². The minimum Gasteiger partial charge on any atom is -0.480 e. The fourth-order valence-corrected chi connectivity index (χ4v) is 3.44. The maximum absolute atomic E-state index is 11.9. The van der Waals surface area contributed by atoms with Crippen LogP contribution in [-0.2, 0) is 11.3 Å². The number of carbonyl (C=O) groups excluding carboxylic acids is 1. The third kappa shape index (κ3) is 4.40. The summed E-state index contributed by atoms with van der Waals surface area (Å²) in [6.45, 7) is 0.403. The molecule has 0 aliphatic heterocycles. The van der Waals surface area contributed by atoms with E-state index in [4.69, 9.17) is 5.11 Å². The maximum Gasteiger partial charge on any atom is 0.323 e. The van der Waals surface area contributed by atoms with Gasteiger partial charge in [0, 0.05) is 24.7 Å². The molecule has 0 fully saturated rings. The fraction of sp³-hybridized carbons (Fsp3) is 0.222. The van der Waals surface area contributed by atoms with E-state index in [1.54, 1.807) is 22.9 Å². The van der Waals surface area contributed by atoms with Gasteiger partial charge in [-0.05, 0) is 30.7 Å². The summed E-state index contributed by atoms with van der Waals surface area (Å²) < 4.78 is 1.70. The zero-order valence-electron chi connectivity index (χ0n) is 14.0. The second-order valence-electron chi connectivity index (χ2n) is 5.56. The van der Waals surface area contributed by atoms with E-state index >= 15 is 0 Å². The van der Waals surface area contributed by atoms with E-state index in [2.05, 4.69) is 15.3 Å². The summed E-state index contributed by atoms with van der Waals surface area (Å²) >= 11 is 1.49. The molecule has 0 aliphatic rings. The van der Waals surface area contributed by atoms with Gasteiger partial charge in [-0.3, -0.25) is 14.6 Å². The summed E-state index contributed by atoms with van der Waals surface area (Å²) in [6, 6.07) is 10.9. The van der Waals surface area contributed by atoms with E-state index in [1.165, 1.54) is 18.0 Å². The molecule has 0 aliphatic carbocycles. The molecule has 8 heteroatoms. The van der Waals surface area contributed by atoms with Crippen molar-refractivity contribution in [1.82, 2.24) is 19.9 Å². The Labute approximate surface area is 154 Å².